The molecule has 12 rings (SSSR count). The van der Waals surface area contributed by atoms with Gasteiger partial charge in [-0.2, -0.15) is 0 Å². The molecule has 0 unspecified atom stereocenters. The van der Waals surface area contributed by atoms with Crippen LogP contribution in [0.25, 0.3) is 66.1 Å². The van der Waals surface area contributed by atoms with Crippen LogP contribution in [0.4, 0.5) is 17.1 Å². The summed E-state index contributed by atoms with van der Waals surface area (Å²) in [5, 5.41) is 4.26. The Kier molecular flexibility index (Phi) is 7.14. The Labute approximate surface area is 335 Å². The summed E-state index contributed by atoms with van der Waals surface area (Å²) < 4.78 is 13.4. The van der Waals surface area contributed by atoms with Gasteiger partial charge in [-0.05, 0) is 81.4 Å². The zero-order chi connectivity index (χ0) is 38.2. The van der Waals surface area contributed by atoms with Crippen LogP contribution in [-0.2, 0) is 5.41 Å². The molecule has 9 aromatic carbocycles. The average Bonchev–Trinajstić information content (AvgIpc) is 3.96. The highest BCUT2D eigenvalue weighted by Crippen LogP contribution is 2.58. The predicted octanol–water partition coefficient (Wildman–Crippen LogP) is 15.0. The Bertz CT molecular complexity index is 3300. The summed E-state index contributed by atoms with van der Waals surface area (Å²) in [7, 11) is 0. The lowest BCUT2D eigenvalue weighted by molar-refractivity contribution is 0.669. The number of rotatable bonds is 6. The normalized spacial score (nSPS) is 13.0. The summed E-state index contributed by atoms with van der Waals surface area (Å²) in [4.78, 5) is 2.43. The molecular weight excluding hydrogens is 707 g/mol. The van der Waals surface area contributed by atoms with Gasteiger partial charge in [0.2, 0.25) is 0 Å². The summed E-state index contributed by atoms with van der Waals surface area (Å²) in [6.45, 7) is 0. The first kappa shape index (κ1) is 32.6. The summed E-state index contributed by atoms with van der Waals surface area (Å²) in [5.74, 6) is 0. The van der Waals surface area contributed by atoms with E-state index in [9.17, 15) is 0 Å². The van der Waals surface area contributed by atoms with Crippen molar-refractivity contribution in [2.24, 2.45) is 0 Å². The molecule has 0 amide bonds. The van der Waals surface area contributed by atoms with Crippen LogP contribution in [-0.4, -0.2) is 0 Å². The Hall–Kier alpha value is -7.62. The van der Waals surface area contributed by atoms with Crippen molar-refractivity contribution < 1.29 is 8.83 Å². The van der Waals surface area contributed by atoms with Gasteiger partial charge in [-0.25, -0.2) is 0 Å². The molecule has 2 heterocycles. The second-order valence-electron chi connectivity index (χ2n) is 15.1. The second kappa shape index (κ2) is 12.7. The summed E-state index contributed by atoms with van der Waals surface area (Å²) in [6, 6.07) is 76.2. The van der Waals surface area contributed by atoms with Crippen LogP contribution in [0, 0.1) is 0 Å². The Morgan fingerprint density at radius 1 is 0.362 bits per heavy atom. The molecule has 0 atom stereocenters. The lowest BCUT2D eigenvalue weighted by Gasteiger charge is -2.35. The quantitative estimate of drug-likeness (QED) is 0.170. The van der Waals surface area contributed by atoms with Gasteiger partial charge < -0.3 is 13.7 Å². The number of nitrogens with zero attached hydrogens (tertiary/aromatic N) is 1. The number of para-hydroxylation sites is 2. The molecule has 1 aliphatic carbocycles. The molecular formula is C55H35NO2. The third kappa shape index (κ3) is 4.62. The molecule has 58 heavy (non-hydrogen) atoms. The van der Waals surface area contributed by atoms with Crippen LogP contribution < -0.4 is 4.90 Å². The number of benzene rings is 9. The van der Waals surface area contributed by atoms with Crippen LogP contribution in [0.3, 0.4) is 0 Å². The molecule has 11 aromatic rings. The van der Waals surface area contributed by atoms with E-state index in [1.165, 1.54) is 33.4 Å². The van der Waals surface area contributed by atoms with Crippen molar-refractivity contribution in [3.63, 3.8) is 0 Å². The molecule has 0 saturated heterocycles. The average molecular weight is 742 g/mol. The molecule has 0 radical (unpaired) electrons. The largest absolute Gasteiger partial charge is 0.456 e. The van der Waals surface area contributed by atoms with Crippen LogP contribution in [0.2, 0.25) is 0 Å². The molecule has 0 saturated carbocycles. The maximum Gasteiger partial charge on any atom is 0.143 e. The molecule has 3 nitrogen and oxygen atoms in total. The molecule has 3 heteroatoms. The Morgan fingerprint density at radius 3 is 1.64 bits per heavy atom. The first-order valence-electron chi connectivity index (χ1n) is 19.8. The third-order valence-electron chi connectivity index (χ3n) is 12.1. The lowest BCUT2D eigenvalue weighted by atomic mass is 9.67. The maximum absolute atomic E-state index is 6.86. The molecule has 0 spiro atoms. The monoisotopic (exact) mass is 741 g/mol. The van der Waals surface area contributed by atoms with Gasteiger partial charge in [0.15, 0.2) is 0 Å². The maximum atomic E-state index is 6.86. The number of hydrogen-bond donors (Lipinski definition) is 0. The first-order valence-corrected chi connectivity index (χ1v) is 19.8. The highest BCUT2D eigenvalue weighted by atomic mass is 16.3. The summed E-state index contributed by atoms with van der Waals surface area (Å²) >= 11 is 0. The second-order valence-corrected chi connectivity index (χ2v) is 15.1. The van der Waals surface area contributed by atoms with Crippen molar-refractivity contribution in [3.8, 4) is 22.3 Å². The standard InChI is InChI=1S/C55H35NO2/c1-4-17-36(18-5-1)40-25-14-26-44-53-48(29-16-32-51(53)58-54(40)44)56(47-28-15-31-50-52(47)43-24-11-13-30-49(43)57-50)39-33-34-42-41-23-10-12-27-45(41)55(46(42)35-39,37-19-6-2-7-20-37)38-21-8-3-9-22-38/h1-35H. The van der Waals surface area contributed by atoms with Crippen LogP contribution in [0.1, 0.15) is 22.3 Å². The number of furan rings is 2. The van der Waals surface area contributed by atoms with Crippen molar-refractivity contribution in [1.29, 1.82) is 0 Å². The molecule has 0 bridgehead atoms. The van der Waals surface area contributed by atoms with E-state index < -0.39 is 5.41 Å². The van der Waals surface area contributed by atoms with Gasteiger partial charge in [0, 0.05) is 22.0 Å². The van der Waals surface area contributed by atoms with E-state index in [4.69, 9.17) is 8.83 Å². The fourth-order valence-corrected chi connectivity index (χ4v) is 9.78. The molecule has 1 aliphatic rings. The molecule has 2 aromatic heterocycles. The highest BCUT2D eigenvalue weighted by Gasteiger charge is 2.46. The van der Waals surface area contributed by atoms with Gasteiger partial charge in [-0.3, -0.25) is 0 Å². The van der Waals surface area contributed by atoms with E-state index in [2.05, 4.69) is 211 Å². The first-order chi connectivity index (χ1) is 28.8. The fourth-order valence-electron chi connectivity index (χ4n) is 9.78. The molecule has 272 valence electrons. The molecule has 0 fully saturated rings. The van der Waals surface area contributed by atoms with Crippen molar-refractivity contribution in [2.45, 2.75) is 5.41 Å². The van der Waals surface area contributed by atoms with E-state index in [-0.39, 0.29) is 0 Å². The van der Waals surface area contributed by atoms with Gasteiger partial charge in [-0.15, -0.1) is 0 Å². The Morgan fingerprint density at radius 2 is 0.897 bits per heavy atom. The van der Waals surface area contributed by atoms with Crippen molar-refractivity contribution in [3.05, 3.63) is 235 Å². The minimum atomic E-state index is -0.552. The van der Waals surface area contributed by atoms with Crippen LogP contribution in [0.15, 0.2) is 221 Å². The number of anilines is 3. The van der Waals surface area contributed by atoms with Gasteiger partial charge in [0.1, 0.15) is 22.3 Å². The minimum absolute atomic E-state index is 0.552. The van der Waals surface area contributed by atoms with E-state index in [1.807, 2.05) is 6.07 Å². The number of fused-ring (bicyclic) bond motifs is 9. The van der Waals surface area contributed by atoms with E-state index >= 15 is 0 Å². The third-order valence-corrected chi connectivity index (χ3v) is 12.1. The van der Waals surface area contributed by atoms with E-state index in [1.54, 1.807) is 0 Å². The SMILES string of the molecule is c1ccc(-c2cccc3c2oc2cccc(N(c4ccc5c(c4)C(c4ccccc4)(c4ccccc4)c4ccccc4-5)c4cccc5oc6ccccc6c45)c23)cc1. The van der Waals surface area contributed by atoms with Gasteiger partial charge in [-0.1, -0.05) is 170 Å². The summed E-state index contributed by atoms with van der Waals surface area (Å²) in [6.07, 6.45) is 0. The fraction of sp³-hybridized carbons (Fsp3) is 0.0182. The van der Waals surface area contributed by atoms with Crippen molar-refractivity contribution in [1.82, 2.24) is 0 Å². The van der Waals surface area contributed by atoms with Gasteiger partial charge in [0.25, 0.3) is 0 Å². The molecule has 0 aliphatic heterocycles. The lowest BCUT2D eigenvalue weighted by Crippen LogP contribution is -2.28. The van der Waals surface area contributed by atoms with E-state index in [0.717, 1.165) is 72.1 Å². The number of hydrogen-bond acceptors (Lipinski definition) is 3. The van der Waals surface area contributed by atoms with Crippen molar-refractivity contribution in [2.75, 3.05) is 4.90 Å². The topological polar surface area (TPSA) is 29.5 Å². The zero-order valence-electron chi connectivity index (χ0n) is 31.5. The summed E-state index contributed by atoms with van der Waals surface area (Å²) in [5.41, 5.74) is 15.6. The van der Waals surface area contributed by atoms with Gasteiger partial charge in [0.05, 0.1) is 27.6 Å². The van der Waals surface area contributed by atoms with E-state index in [0.29, 0.717) is 0 Å². The minimum Gasteiger partial charge on any atom is -0.456 e. The molecule has 0 N–H and O–H groups in total. The smallest absolute Gasteiger partial charge is 0.143 e. The van der Waals surface area contributed by atoms with Crippen LogP contribution >= 0.6 is 0 Å². The van der Waals surface area contributed by atoms with Crippen molar-refractivity contribution >= 4 is 60.9 Å². The zero-order valence-corrected chi connectivity index (χ0v) is 31.5. The predicted molar refractivity (Wildman–Crippen MR) is 238 cm³/mol. The van der Waals surface area contributed by atoms with Gasteiger partial charge >= 0.3 is 0 Å². The Balaban J connectivity index is 1.19. The van der Waals surface area contributed by atoms with Crippen LogP contribution in [0.5, 0.6) is 0 Å². The highest BCUT2D eigenvalue weighted by molar-refractivity contribution is 6.19.